The molecule has 5 nitrogen and oxygen atoms in total. The van der Waals surface area contributed by atoms with Crippen molar-refractivity contribution in [2.75, 3.05) is 32.2 Å². The van der Waals surface area contributed by atoms with Crippen LogP contribution in [0.25, 0.3) is 0 Å². The molecule has 2 aromatic carbocycles. The second kappa shape index (κ2) is 13.2. The summed E-state index contributed by atoms with van der Waals surface area (Å²) < 4.78 is 59.8. The van der Waals surface area contributed by atoms with E-state index in [1.54, 1.807) is 30.8 Å². The Bertz CT molecular complexity index is 900. The highest BCUT2D eigenvalue weighted by molar-refractivity contribution is 7.99. The number of alkyl halides is 3. The van der Waals surface area contributed by atoms with Gasteiger partial charge in [0.1, 0.15) is 24.2 Å². The van der Waals surface area contributed by atoms with Crippen LogP contribution < -0.4 is 9.47 Å². The monoisotopic (exact) mass is 484 g/mol. The summed E-state index contributed by atoms with van der Waals surface area (Å²) in [4.78, 5) is 12.4. The van der Waals surface area contributed by atoms with Crippen LogP contribution in [0.4, 0.5) is 13.2 Å². The number of carbonyl (C=O) groups excluding carboxylic acids is 1. The highest BCUT2D eigenvalue weighted by atomic mass is 32.2. The number of hydrogen-bond donors (Lipinski definition) is 0. The molecule has 0 fully saturated rings. The van der Waals surface area contributed by atoms with Crippen molar-refractivity contribution in [1.29, 1.82) is 0 Å². The molecule has 0 N–H and O–H groups in total. The first-order valence-corrected chi connectivity index (χ1v) is 11.3. The van der Waals surface area contributed by atoms with Gasteiger partial charge in [-0.2, -0.15) is 13.2 Å². The first kappa shape index (κ1) is 26.6. The number of halogens is 3. The molecule has 0 heterocycles. The van der Waals surface area contributed by atoms with Gasteiger partial charge in [0.25, 0.3) is 0 Å². The van der Waals surface area contributed by atoms with Crippen LogP contribution >= 0.6 is 11.8 Å². The molecular formula is C24H27F3O5S. The zero-order chi connectivity index (χ0) is 24.3. The fourth-order valence-corrected chi connectivity index (χ4v) is 3.68. The second-order valence-corrected chi connectivity index (χ2v) is 8.00. The molecule has 0 radical (unpaired) electrons. The van der Waals surface area contributed by atoms with Gasteiger partial charge in [-0.3, -0.25) is 0 Å². The lowest BCUT2D eigenvalue weighted by Crippen LogP contribution is -2.24. The minimum Gasteiger partial charge on any atom is -0.491 e. The van der Waals surface area contributed by atoms with E-state index in [4.69, 9.17) is 18.9 Å². The molecule has 33 heavy (non-hydrogen) atoms. The number of esters is 1. The SMILES string of the molecule is C=CCO[C@H](COc1ccc(C(F)(F)F)cc1)CSc1ccc(OCC(=O)OCC)c(C)c1. The fourth-order valence-electron chi connectivity index (χ4n) is 2.68. The number of aryl methyl sites for hydroxylation is 1. The zero-order valence-corrected chi connectivity index (χ0v) is 19.3. The summed E-state index contributed by atoms with van der Waals surface area (Å²) in [5, 5.41) is 0. The molecule has 9 heteroatoms. The summed E-state index contributed by atoms with van der Waals surface area (Å²) in [6.07, 6.45) is -3.08. The summed E-state index contributed by atoms with van der Waals surface area (Å²) in [5.41, 5.74) is 0.142. The van der Waals surface area contributed by atoms with Gasteiger partial charge in [0.05, 0.1) is 18.8 Å². The molecular weight excluding hydrogens is 457 g/mol. The van der Waals surface area contributed by atoms with Crippen molar-refractivity contribution in [2.45, 2.75) is 31.0 Å². The number of rotatable bonds is 13. The third kappa shape index (κ3) is 9.39. The minimum absolute atomic E-state index is 0.153. The number of thioether (sulfide) groups is 1. The number of carbonyl (C=O) groups is 1. The van der Waals surface area contributed by atoms with Crippen LogP contribution in [0.5, 0.6) is 11.5 Å². The van der Waals surface area contributed by atoms with Crippen LogP contribution in [0.3, 0.4) is 0 Å². The third-order valence-electron chi connectivity index (χ3n) is 4.30. The van der Waals surface area contributed by atoms with Crippen LogP contribution in [0, 0.1) is 6.92 Å². The first-order valence-electron chi connectivity index (χ1n) is 10.3. The Morgan fingerprint density at radius 3 is 2.48 bits per heavy atom. The highest BCUT2D eigenvalue weighted by Gasteiger charge is 2.30. The van der Waals surface area contributed by atoms with E-state index in [0.717, 1.165) is 22.6 Å². The largest absolute Gasteiger partial charge is 0.491 e. The van der Waals surface area contributed by atoms with Gasteiger partial charge in [-0.05, 0) is 61.9 Å². The molecule has 180 valence electrons. The molecule has 0 amide bonds. The van der Waals surface area contributed by atoms with Gasteiger partial charge in [-0.15, -0.1) is 18.3 Å². The van der Waals surface area contributed by atoms with Crippen molar-refractivity contribution in [3.05, 3.63) is 66.2 Å². The highest BCUT2D eigenvalue weighted by Crippen LogP contribution is 2.30. The van der Waals surface area contributed by atoms with E-state index in [0.29, 0.717) is 30.5 Å². The van der Waals surface area contributed by atoms with Gasteiger partial charge in [-0.1, -0.05) is 6.08 Å². The van der Waals surface area contributed by atoms with E-state index in [9.17, 15) is 18.0 Å². The van der Waals surface area contributed by atoms with Gasteiger partial charge in [-0.25, -0.2) is 4.79 Å². The third-order valence-corrected chi connectivity index (χ3v) is 5.43. The topological polar surface area (TPSA) is 54.0 Å². The maximum Gasteiger partial charge on any atom is 0.416 e. The average Bonchev–Trinajstić information content (AvgIpc) is 2.78. The molecule has 0 bridgehead atoms. The fraction of sp³-hybridized carbons (Fsp3) is 0.375. The van der Waals surface area contributed by atoms with Crippen molar-refractivity contribution in [3.63, 3.8) is 0 Å². The van der Waals surface area contributed by atoms with E-state index in [1.165, 1.54) is 12.1 Å². The van der Waals surface area contributed by atoms with E-state index >= 15 is 0 Å². The summed E-state index contributed by atoms with van der Waals surface area (Å²) >= 11 is 1.54. The normalized spacial score (nSPS) is 12.2. The Balaban J connectivity index is 1.91. The van der Waals surface area contributed by atoms with Crippen molar-refractivity contribution in [3.8, 4) is 11.5 Å². The summed E-state index contributed by atoms with van der Waals surface area (Å²) in [5.74, 6) is 1.05. The van der Waals surface area contributed by atoms with Crippen LogP contribution in [0.1, 0.15) is 18.1 Å². The van der Waals surface area contributed by atoms with Crippen LogP contribution in [-0.2, 0) is 20.4 Å². The molecule has 0 aliphatic carbocycles. The van der Waals surface area contributed by atoms with E-state index in [2.05, 4.69) is 6.58 Å². The predicted octanol–water partition coefficient (Wildman–Crippen LogP) is 5.70. The van der Waals surface area contributed by atoms with Crippen molar-refractivity contribution >= 4 is 17.7 Å². The lowest BCUT2D eigenvalue weighted by molar-refractivity contribution is -0.145. The molecule has 1 atom stereocenters. The molecule has 0 saturated carbocycles. The Kier molecular flexibility index (Phi) is 10.6. The molecule has 0 spiro atoms. The molecule has 0 aromatic heterocycles. The molecule has 2 aromatic rings. The quantitative estimate of drug-likeness (QED) is 0.207. The zero-order valence-electron chi connectivity index (χ0n) is 18.5. The molecule has 0 aliphatic heterocycles. The smallest absolute Gasteiger partial charge is 0.416 e. The number of hydrogen-bond acceptors (Lipinski definition) is 6. The van der Waals surface area contributed by atoms with Crippen molar-refractivity contribution < 1.29 is 36.9 Å². The molecule has 0 aliphatic rings. The van der Waals surface area contributed by atoms with Crippen LogP contribution in [0.2, 0.25) is 0 Å². The van der Waals surface area contributed by atoms with E-state index in [1.807, 2.05) is 19.1 Å². The Morgan fingerprint density at radius 2 is 1.88 bits per heavy atom. The summed E-state index contributed by atoms with van der Waals surface area (Å²) in [6.45, 7) is 7.89. The number of benzene rings is 2. The molecule has 2 rings (SSSR count). The molecule has 0 saturated heterocycles. The Labute approximate surface area is 195 Å². The van der Waals surface area contributed by atoms with Crippen LogP contribution in [0.15, 0.2) is 60.0 Å². The Hall–Kier alpha value is -2.65. The average molecular weight is 485 g/mol. The van der Waals surface area contributed by atoms with E-state index < -0.39 is 17.7 Å². The molecule has 0 unspecified atom stereocenters. The minimum atomic E-state index is -4.39. The second-order valence-electron chi connectivity index (χ2n) is 6.91. The van der Waals surface area contributed by atoms with Gasteiger partial charge in [0.15, 0.2) is 6.61 Å². The maximum absolute atomic E-state index is 12.7. The van der Waals surface area contributed by atoms with Crippen LogP contribution in [-0.4, -0.2) is 44.3 Å². The van der Waals surface area contributed by atoms with Gasteiger partial charge < -0.3 is 18.9 Å². The number of ether oxygens (including phenoxy) is 4. The first-order chi connectivity index (χ1) is 15.7. The Morgan fingerprint density at radius 1 is 1.15 bits per heavy atom. The van der Waals surface area contributed by atoms with Gasteiger partial charge in [0, 0.05) is 10.6 Å². The van der Waals surface area contributed by atoms with Crippen molar-refractivity contribution in [1.82, 2.24) is 0 Å². The summed E-state index contributed by atoms with van der Waals surface area (Å²) in [6, 6.07) is 10.1. The maximum atomic E-state index is 12.7. The summed E-state index contributed by atoms with van der Waals surface area (Å²) in [7, 11) is 0. The predicted molar refractivity (Wildman–Crippen MR) is 121 cm³/mol. The van der Waals surface area contributed by atoms with Crippen molar-refractivity contribution in [2.24, 2.45) is 0 Å². The lowest BCUT2D eigenvalue weighted by atomic mass is 10.2. The van der Waals surface area contributed by atoms with Gasteiger partial charge >= 0.3 is 12.1 Å². The standard InChI is InChI=1S/C24H27F3O5S/c1-4-12-30-20(14-31-19-8-6-18(7-9-19)24(25,26)27)16-33-21-10-11-22(17(3)13-21)32-15-23(28)29-5-2/h4,6-11,13,20H,1,5,12,14-16H2,2-3H3/t20-/m1/s1. The van der Waals surface area contributed by atoms with E-state index in [-0.39, 0.29) is 19.3 Å². The van der Waals surface area contributed by atoms with Gasteiger partial charge in [0.2, 0.25) is 0 Å². The lowest BCUT2D eigenvalue weighted by Gasteiger charge is -2.18.